The predicted molar refractivity (Wildman–Crippen MR) is 88.8 cm³/mol. The number of aryl methyl sites for hydroxylation is 2. The molecule has 22 heavy (non-hydrogen) atoms. The molecule has 0 bridgehead atoms. The molecule has 0 amide bonds. The first-order valence-corrected chi connectivity index (χ1v) is 8.29. The zero-order chi connectivity index (χ0) is 15.7. The lowest BCUT2D eigenvalue weighted by Crippen LogP contribution is -2.25. The Labute approximate surface area is 133 Å². The van der Waals surface area contributed by atoms with Crippen molar-refractivity contribution in [1.29, 1.82) is 0 Å². The molecule has 0 aliphatic heterocycles. The predicted octanol–water partition coefficient (Wildman–Crippen LogP) is 4.58. The molecule has 3 rings (SSSR count). The van der Waals surface area contributed by atoms with E-state index < -0.39 is 0 Å². The van der Waals surface area contributed by atoms with Crippen LogP contribution in [0.4, 0.5) is 0 Å². The molecule has 0 saturated heterocycles. The fraction of sp³-hybridized carbons (Fsp3) is 0.526. The quantitative estimate of drug-likeness (QED) is 0.781. The van der Waals surface area contributed by atoms with Crippen LogP contribution in [0.5, 0.6) is 0 Å². The molecule has 1 aromatic heterocycles. The number of hydrogen-bond acceptors (Lipinski definition) is 3. The Balaban J connectivity index is 1.72. The van der Waals surface area contributed by atoms with Gasteiger partial charge in [0.2, 0.25) is 0 Å². The van der Waals surface area contributed by atoms with Crippen LogP contribution in [0.1, 0.15) is 60.8 Å². The molecule has 1 aliphatic rings. The molecule has 1 aliphatic carbocycles. The van der Waals surface area contributed by atoms with Gasteiger partial charge in [0.05, 0.1) is 5.69 Å². The molecule has 1 heterocycles. The molecule has 0 atom stereocenters. The summed E-state index contributed by atoms with van der Waals surface area (Å²) in [7, 11) is 0. The summed E-state index contributed by atoms with van der Waals surface area (Å²) in [5, 5.41) is 4.09. The van der Waals surface area contributed by atoms with Crippen molar-refractivity contribution in [3.05, 3.63) is 52.4 Å². The number of hydrogen-bond donors (Lipinski definition) is 0. The SMILES string of the molecule is Cc1noc(C)c1CN(Cc1ccc(C(C)C)cc1)C1CC1. The third-order valence-corrected chi connectivity index (χ3v) is 4.64. The van der Waals surface area contributed by atoms with E-state index in [2.05, 4.69) is 48.2 Å². The molecule has 0 N–H and O–H groups in total. The van der Waals surface area contributed by atoms with Crippen LogP contribution in [0.2, 0.25) is 0 Å². The van der Waals surface area contributed by atoms with Crippen molar-refractivity contribution in [3.63, 3.8) is 0 Å². The second kappa shape index (κ2) is 6.25. The van der Waals surface area contributed by atoms with Crippen LogP contribution in [0.15, 0.2) is 28.8 Å². The summed E-state index contributed by atoms with van der Waals surface area (Å²) in [6.07, 6.45) is 2.63. The van der Waals surface area contributed by atoms with Crippen LogP contribution in [0.25, 0.3) is 0 Å². The first-order chi connectivity index (χ1) is 10.5. The van der Waals surface area contributed by atoms with Gasteiger partial charge in [-0.2, -0.15) is 0 Å². The zero-order valence-corrected chi connectivity index (χ0v) is 14.1. The fourth-order valence-electron chi connectivity index (χ4n) is 2.93. The van der Waals surface area contributed by atoms with Crippen molar-refractivity contribution in [2.45, 2.75) is 65.6 Å². The number of rotatable bonds is 6. The summed E-state index contributed by atoms with van der Waals surface area (Å²) in [6.45, 7) is 10.5. The molecule has 118 valence electrons. The van der Waals surface area contributed by atoms with Gasteiger partial charge in [0.25, 0.3) is 0 Å². The standard InChI is InChI=1S/C19H26N2O/c1-13(2)17-7-5-16(6-8-17)11-21(18-9-10-18)12-19-14(3)20-22-15(19)4/h5-8,13,18H,9-12H2,1-4H3. The van der Waals surface area contributed by atoms with Gasteiger partial charge < -0.3 is 4.52 Å². The monoisotopic (exact) mass is 298 g/mol. The molecular weight excluding hydrogens is 272 g/mol. The summed E-state index contributed by atoms with van der Waals surface area (Å²) >= 11 is 0. The molecule has 3 heteroatoms. The van der Waals surface area contributed by atoms with Gasteiger partial charge in [-0.15, -0.1) is 0 Å². The lowest BCUT2D eigenvalue weighted by atomic mass is 10.0. The van der Waals surface area contributed by atoms with E-state index >= 15 is 0 Å². The van der Waals surface area contributed by atoms with Crippen LogP contribution in [-0.2, 0) is 13.1 Å². The van der Waals surface area contributed by atoms with Gasteiger partial charge in [-0.3, -0.25) is 4.90 Å². The second-order valence-corrected chi connectivity index (χ2v) is 6.84. The molecule has 1 saturated carbocycles. The van der Waals surface area contributed by atoms with E-state index in [1.165, 1.54) is 29.5 Å². The Morgan fingerprint density at radius 3 is 2.32 bits per heavy atom. The van der Waals surface area contributed by atoms with E-state index in [9.17, 15) is 0 Å². The Hall–Kier alpha value is -1.61. The van der Waals surface area contributed by atoms with Crippen molar-refractivity contribution in [2.75, 3.05) is 0 Å². The largest absolute Gasteiger partial charge is 0.361 e. The zero-order valence-electron chi connectivity index (χ0n) is 14.1. The van der Waals surface area contributed by atoms with Gasteiger partial charge in [-0.05, 0) is 43.7 Å². The Morgan fingerprint density at radius 2 is 1.82 bits per heavy atom. The van der Waals surface area contributed by atoms with Crippen molar-refractivity contribution < 1.29 is 4.52 Å². The Bertz CT molecular complexity index is 604. The van der Waals surface area contributed by atoms with E-state index in [4.69, 9.17) is 4.52 Å². The number of nitrogens with zero attached hydrogens (tertiary/aromatic N) is 2. The summed E-state index contributed by atoms with van der Waals surface area (Å²) in [4.78, 5) is 2.57. The maximum atomic E-state index is 5.31. The highest BCUT2D eigenvalue weighted by atomic mass is 16.5. The smallest absolute Gasteiger partial charge is 0.138 e. The topological polar surface area (TPSA) is 29.3 Å². The van der Waals surface area contributed by atoms with Crippen LogP contribution in [0.3, 0.4) is 0 Å². The van der Waals surface area contributed by atoms with Crippen molar-refractivity contribution in [2.24, 2.45) is 0 Å². The maximum absolute atomic E-state index is 5.31. The summed E-state index contributed by atoms with van der Waals surface area (Å²) in [5.41, 5.74) is 5.08. The van der Waals surface area contributed by atoms with Crippen molar-refractivity contribution >= 4 is 0 Å². The molecule has 1 fully saturated rings. The van der Waals surface area contributed by atoms with Crippen molar-refractivity contribution in [1.82, 2.24) is 10.1 Å². The first kappa shape index (κ1) is 15.3. The second-order valence-electron chi connectivity index (χ2n) is 6.84. The Morgan fingerprint density at radius 1 is 1.14 bits per heavy atom. The van der Waals surface area contributed by atoms with Crippen molar-refractivity contribution in [3.8, 4) is 0 Å². The third-order valence-electron chi connectivity index (χ3n) is 4.64. The molecule has 3 nitrogen and oxygen atoms in total. The van der Waals surface area contributed by atoms with Gasteiger partial charge in [0, 0.05) is 24.7 Å². The molecule has 0 radical (unpaired) electrons. The maximum Gasteiger partial charge on any atom is 0.138 e. The minimum absolute atomic E-state index is 0.593. The van der Waals surface area contributed by atoms with Gasteiger partial charge in [0.1, 0.15) is 5.76 Å². The summed E-state index contributed by atoms with van der Waals surface area (Å²) in [6, 6.07) is 9.80. The van der Waals surface area contributed by atoms with Gasteiger partial charge >= 0.3 is 0 Å². The normalized spacial score (nSPS) is 15.0. The highest BCUT2D eigenvalue weighted by Gasteiger charge is 2.30. The average Bonchev–Trinajstić information content (AvgIpc) is 3.29. The van der Waals surface area contributed by atoms with E-state index in [1.54, 1.807) is 0 Å². The first-order valence-electron chi connectivity index (χ1n) is 8.29. The van der Waals surface area contributed by atoms with Crippen LogP contribution in [-0.4, -0.2) is 16.1 Å². The third kappa shape index (κ3) is 3.41. The number of aromatic nitrogens is 1. The highest BCUT2D eigenvalue weighted by molar-refractivity contribution is 5.25. The molecular formula is C19H26N2O. The molecule has 0 spiro atoms. The van der Waals surface area contributed by atoms with E-state index in [1.807, 2.05) is 13.8 Å². The van der Waals surface area contributed by atoms with E-state index in [0.717, 1.165) is 30.6 Å². The number of benzene rings is 1. The Kier molecular flexibility index (Phi) is 4.34. The van der Waals surface area contributed by atoms with E-state index in [0.29, 0.717) is 5.92 Å². The molecule has 1 aromatic carbocycles. The lowest BCUT2D eigenvalue weighted by molar-refractivity contribution is 0.243. The molecule has 0 unspecified atom stereocenters. The van der Waals surface area contributed by atoms with E-state index in [-0.39, 0.29) is 0 Å². The van der Waals surface area contributed by atoms with Gasteiger partial charge in [0.15, 0.2) is 0 Å². The summed E-state index contributed by atoms with van der Waals surface area (Å²) in [5.74, 6) is 1.55. The summed E-state index contributed by atoms with van der Waals surface area (Å²) < 4.78 is 5.31. The van der Waals surface area contributed by atoms with Crippen LogP contribution in [0, 0.1) is 13.8 Å². The van der Waals surface area contributed by atoms with Gasteiger partial charge in [-0.1, -0.05) is 43.3 Å². The molecule has 2 aromatic rings. The average molecular weight is 298 g/mol. The highest BCUT2D eigenvalue weighted by Crippen LogP contribution is 2.31. The minimum atomic E-state index is 0.593. The fourth-order valence-corrected chi connectivity index (χ4v) is 2.93. The minimum Gasteiger partial charge on any atom is -0.361 e. The van der Waals surface area contributed by atoms with Crippen LogP contribution < -0.4 is 0 Å². The van der Waals surface area contributed by atoms with Crippen LogP contribution >= 0.6 is 0 Å². The van der Waals surface area contributed by atoms with Gasteiger partial charge in [-0.25, -0.2) is 0 Å². The lowest BCUT2D eigenvalue weighted by Gasteiger charge is -2.22.